The molecule has 0 fully saturated rings. The molecule has 0 aliphatic heterocycles. The molecule has 0 aromatic rings. The highest BCUT2D eigenvalue weighted by molar-refractivity contribution is 5.71. The van der Waals surface area contributed by atoms with E-state index in [0.29, 0.717) is 0 Å². The molecule has 11 heavy (non-hydrogen) atoms. The van der Waals surface area contributed by atoms with E-state index in [-0.39, 0.29) is 19.6 Å². The summed E-state index contributed by atoms with van der Waals surface area (Å²) < 4.78 is 4.30. The van der Waals surface area contributed by atoms with E-state index in [1.165, 1.54) is 7.11 Å². The number of carbonyl (C=O) groups is 1. The summed E-state index contributed by atoms with van der Waals surface area (Å²) in [6.45, 7) is -0.160. The lowest BCUT2D eigenvalue weighted by molar-refractivity contribution is -0.140. The smallest absolute Gasteiger partial charge is 0.319 e. The number of rotatable bonds is 5. The third kappa shape index (κ3) is 5.78. The van der Waals surface area contributed by atoms with E-state index in [0.717, 1.165) is 0 Å². The molecule has 0 aliphatic carbocycles. The van der Waals surface area contributed by atoms with Crippen molar-refractivity contribution in [3.05, 3.63) is 0 Å². The molecule has 0 aliphatic rings. The van der Waals surface area contributed by atoms with Gasteiger partial charge in [0.05, 0.1) is 13.7 Å². The molecule has 3 N–H and O–H groups in total. The minimum absolute atomic E-state index is 0.0440. The van der Waals surface area contributed by atoms with Crippen molar-refractivity contribution >= 4 is 5.97 Å². The molecule has 0 saturated heterocycles. The van der Waals surface area contributed by atoms with Crippen molar-refractivity contribution in [2.45, 2.75) is 12.6 Å². The maximum atomic E-state index is 10.5. The van der Waals surface area contributed by atoms with Gasteiger partial charge in [0.15, 0.2) is 0 Å². The van der Waals surface area contributed by atoms with Gasteiger partial charge in [0.25, 0.3) is 0 Å². The van der Waals surface area contributed by atoms with Crippen LogP contribution >= 0.6 is 0 Å². The molecule has 5 nitrogen and oxygen atoms in total. The van der Waals surface area contributed by atoms with Gasteiger partial charge in [-0.3, -0.25) is 10.1 Å². The third-order valence-electron chi connectivity index (χ3n) is 1.11. The van der Waals surface area contributed by atoms with Crippen LogP contribution < -0.4 is 5.32 Å². The van der Waals surface area contributed by atoms with Gasteiger partial charge >= 0.3 is 5.97 Å². The fraction of sp³-hybridized carbons (Fsp3) is 0.833. The number of methoxy groups -OCH3 is 1. The molecule has 0 radical (unpaired) electrons. The summed E-state index contributed by atoms with van der Waals surface area (Å²) in [4.78, 5) is 10.5. The maximum Gasteiger partial charge on any atom is 0.319 e. The van der Waals surface area contributed by atoms with Gasteiger partial charge in [-0.25, -0.2) is 0 Å². The third-order valence-corrected chi connectivity index (χ3v) is 1.11. The fourth-order valence-corrected chi connectivity index (χ4v) is 0.498. The van der Waals surface area contributed by atoms with Crippen molar-refractivity contribution in [2.75, 3.05) is 20.3 Å². The summed E-state index contributed by atoms with van der Waals surface area (Å²) in [7, 11) is 1.27. The topological polar surface area (TPSA) is 78.8 Å². The van der Waals surface area contributed by atoms with Crippen LogP contribution in [0.5, 0.6) is 0 Å². The highest BCUT2D eigenvalue weighted by Gasteiger charge is 2.04. The molecule has 0 saturated carbocycles. The monoisotopic (exact) mass is 163 g/mol. The Kier molecular flexibility index (Phi) is 5.73. The van der Waals surface area contributed by atoms with E-state index < -0.39 is 12.2 Å². The molecule has 66 valence electrons. The second kappa shape index (κ2) is 6.09. The minimum atomic E-state index is -0.848. The number of ether oxygens (including phenoxy) is 1. The van der Waals surface area contributed by atoms with Crippen molar-refractivity contribution in [2.24, 2.45) is 0 Å². The number of nitrogens with one attached hydrogen (secondary N) is 1. The van der Waals surface area contributed by atoms with Gasteiger partial charge in [-0.1, -0.05) is 0 Å². The van der Waals surface area contributed by atoms with Gasteiger partial charge in [-0.05, 0) is 0 Å². The zero-order chi connectivity index (χ0) is 8.69. The first-order valence-electron chi connectivity index (χ1n) is 3.29. The molecule has 0 amide bonds. The van der Waals surface area contributed by atoms with E-state index in [4.69, 9.17) is 10.2 Å². The van der Waals surface area contributed by atoms with Gasteiger partial charge in [-0.2, -0.15) is 0 Å². The molecule has 0 aromatic heterocycles. The zero-order valence-corrected chi connectivity index (χ0v) is 6.41. The first kappa shape index (κ1) is 10.3. The highest BCUT2D eigenvalue weighted by Crippen LogP contribution is 1.83. The fourth-order valence-electron chi connectivity index (χ4n) is 0.498. The molecule has 5 heteroatoms. The molecule has 0 spiro atoms. The molecule has 0 heterocycles. The Hall–Kier alpha value is -0.650. The normalized spacial score (nSPS) is 12.6. The predicted octanol–water partition coefficient (Wildman–Crippen LogP) is -1.55. The SMILES string of the molecule is COC(=O)CNC(O)CCO. The van der Waals surface area contributed by atoms with Crippen molar-refractivity contribution in [3.63, 3.8) is 0 Å². The molecule has 1 atom stereocenters. The Balaban J connectivity index is 3.29. The van der Waals surface area contributed by atoms with Crippen LogP contribution in [0.1, 0.15) is 6.42 Å². The summed E-state index contributed by atoms with van der Waals surface area (Å²) in [6, 6.07) is 0. The van der Waals surface area contributed by atoms with Crippen LogP contribution in [0.3, 0.4) is 0 Å². The van der Waals surface area contributed by atoms with Crippen LogP contribution in [0.2, 0.25) is 0 Å². The summed E-state index contributed by atoms with van der Waals surface area (Å²) in [6.07, 6.45) is -0.643. The Bertz CT molecular complexity index is 117. The standard InChI is InChI=1S/C6H13NO4/c1-11-6(10)4-7-5(9)2-3-8/h5,7-9H,2-4H2,1H3. The average molecular weight is 163 g/mol. The maximum absolute atomic E-state index is 10.5. The number of aliphatic hydroxyl groups excluding tert-OH is 2. The van der Waals surface area contributed by atoms with E-state index >= 15 is 0 Å². The van der Waals surface area contributed by atoms with Crippen LogP contribution in [0.15, 0.2) is 0 Å². The molecule has 0 rings (SSSR count). The van der Waals surface area contributed by atoms with Gasteiger partial charge in [-0.15, -0.1) is 0 Å². The second-order valence-corrected chi connectivity index (χ2v) is 1.99. The lowest BCUT2D eigenvalue weighted by atomic mass is 10.4. The highest BCUT2D eigenvalue weighted by atomic mass is 16.5. The van der Waals surface area contributed by atoms with Crippen molar-refractivity contribution in [1.82, 2.24) is 5.32 Å². The lowest BCUT2D eigenvalue weighted by Gasteiger charge is -2.09. The Morgan fingerprint density at radius 2 is 2.36 bits per heavy atom. The summed E-state index contributed by atoms with van der Waals surface area (Å²) >= 11 is 0. The van der Waals surface area contributed by atoms with E-state index in [9.17, 15) is 4.79 Å². The van der Waals surface area contributed by atoms with Crippen molar-refractivity contribution in [1.29, 1.82) is 0 Å². The quantitative estimate of drug-likeness (QED) is 0.338. The molecule has 0 bridgehead atoms. The van der Waals surface area contributed by atoms with Crippen LogP contribution in [-0.4, -0.2) is 42.7 Å². The lowest BCUT2D eigenvalue weighted by Crippen LogP contribution is -2.34. The molecule has 0 aromatic carbocycles. The zero-order valence-electron chi connectivity index (χ0n) is 6.41. The van der Waals surface area contributed by atoms with Crippen molar-refractivity contribution in [3.8, 4) is 0 Å². The number of carbonyl (C=O) groups excluding carboxylic acids is 1. The first-order chi connectivity index (χ1) is 5.20. The van der Waals surface area contributed by atoms with E-state index in [1.807, 2.05) is 0 Å². The number of hydrogen-bond donors (Lipinski definition) is 3. The Morgan fingerprint density at radius 3 is 2.82 bits per heavy atom. The number of aliphatic hydroxyl groups is 2. The van der Waals surface area contributed by atoms with Gasteiger partial charge < -0.3 is 14.9 Å². The van der Waals surface area contributed by atoms with Crippen LogP contribution in [0.4, 0.5) is 0 Å². The van der Waals surface area contributed by atoms with Gasteiger partial charge in [0.1, 0.15) is 6.23 Å². The number of esters is 1. The molecule has 1 unspecified atom stereocenters. The predicted molar refractivity (Wildman–Crippen MR) is 37.7 cm³/mol. The number of hydrogen-bond acceptors (Lipinski definition) is 5. The van der Waals surface area contributed by atoms with Crippen LogP contribution in [-0.2, 0) is 9.53 Å². The van der Waals surface area contributed by atoms with E-state index in [2.05, 4.69) is 10.1 Å². The van der Waals surface area contributed by atoms with Crippen LogP contribution in [0.25, 0.3) is 0 Å². The second-order valence-electron chi connectivity index (χ2n) is 1.99. The minimum Gasteiger partial charge on any atom is -0.468 e. The van der Waals surface area contributed by atoms with Gasteiger partial charge in [0.2, 0.25) is 0 Å². The van der Waals surface area contributed by atoms with E-state index in [1.54, 1.807) is 0 Å². The Labute approximate surface area is 65.0 Å². The summed E-state index contributed by atoms with van der Waals surface area (Å²) in [5.74, 6) is -0.443. The largest absolute Gasteiger partial charge is 0.468 e. The first-order valence-corrected chi connectivity index (χ1v) is 3.29. The molecular formula is C6H13NO4. The Morgan fingerprint density at radius 1 is 1.73 bits per heavy atom. The summed E-state index contributed by atoms with van der Waals surface area (Å²) in [5, 5.41) is 19.7. The molecular weight excluding hydrogens is 150 g/mol. The van der Waals surface area contributed by atoms with Crippen LogP contribution in [0, 0.1) is 0 Å². The average Bonchev–Trinajstić information content (AvgIpc) is 2.01. The van der Waals surface area contributed by atoms with Gasteiger partial charge in [0, 0.05) is 13.0 Å². The van der Waals surface area contributed by atoms with Crippen molar-refractivity contribution < 1.29 is 19.7 Å². The summed E-state index contributed by atoms with van der Waals surface area (Å²) in [5.41, 5.74) is 0.